The van der Waals surface area contributed by atoms with E-state index in [1.165, 1.54) is 0 Å². The Bertz CT molecular complexity index is 692. The van der Waals surface area contributed by atoms with Crippen molar-refractivity contribution in [2.75, 3.05) is 19.0 Å². The highest BCUT2D eigenvalue weighted by Crippen LogP contribution is 2.19. The quantitative estimate of drug-likeness (QED) is 0.643. The van der Waals surface area contributed by atoms with E-state index >= 15 is 0 Å². The van der Waals surface area contributed by atoms with Crippen LogP contribution in [0.25, 0.3) is 0 Å². The van der Waals surface area contributed by atoms with Crippen LogP contribution in [0.4, 0.5) is 18.9 Å². The average Bonchev–Trinajstić information content (AvgIpc) is 2.56. The van der Waals surface area contributed by atoms with Gasteiger partial charge in [-0.1, -0.05) is 12.1 Å². The van der Waals surface area contributed by atoms with Gasteiger partial charge in [0.2, 0.25) is 0 Å². The third-order valence-electron chi connectivity index (χ3n) is 3.14. The molecular weight excluding hydrogens is 325 g/mol. The molecular formula is C16H15F3N2OS. The molecule has 2 aromatic carbocycles. The van der Waals surface area contributed by atoms with Crippen molar-refractivity contribution < 1.29 is 17.9 Å². The first kappa shape index (κ1) is 17.1. The molecule has 3 nitrogen and oxygen atoms in total. The van der Waals surface area contributed by atoms with E-state index in [1.54, 1.807) is 7.11 Å². The third-order valence-corrected chi connectivity index (χ3v) is 3.39. The summed E-state index contributed by atoms with van der Waals surface area (Å²) < 4.78 is 44.5. The Labute approximate surface area is 137 Å². The predicted molar refractivity (Wildman–Crippen MR) is 87.2 cm³/mol. The van der Waals surface area contributed by atoms with Gasteiger partial charge < -0.3 is 15.4 Å². The first-order valence-corrected chi connectivity index (χ1v) is 7.23. The third kappa shape index (κ3) is 4.59. The van der Waals surface area contributed by atoms with Gasteiger partial charge in [0, 0.05) is 6.54 Å². The maximum atomic E-state index is 13.5. The Morgan fingerprint density at radius 2 is 1.74 bits per heavy atom. The molecule has 0 saturated carbocycles. The van der Waals surface area contributed by atoms with Crippen LogP contribution >= 0.6 is 12.2 Å². The molecule has 2 rings (SSSR count). The zero-order valence-electron chi connectivity index (χ0n) is 12.3. The van der Waals surface area contributed by atoms with Crippen molar-refractivity contribution >= 4 is 23.0 Å². The molecule has 0 aliphatic heterocycles. The monoisotopic (exact) mass is 340 g/mol. The van der Waals surface area contributed by atoms with Crippen LogP contribution in [0.3, 0.4) is 0 Å². The molecule has 0 spiro atoms. The summed E-state index contributed by atoms with van der Waals surface area (Å²) in [6.07, 6.45) is 0.687. The van der Waals surface area contributed by atoms with Crippen molar-refractivity contribution in [2.45, 2.75) is 6.42 Å². The van der Waals surface area contributed by atoms with E-state index in [1.807, 2.05) is 24.3 Å². The van der Waals surface area contributed by atoms with Gasteiger partial charge in [-0.25, -0.2) is 13.2 Å². The van der Waals surface area contributed by atoms with Gasteiger partial charge in [-0.15, -0.1) is 0 Å². The molecule has 0 atom stereocenters. The Morgan fingerprint density at radius 1 is 1.04 bits per heavy atom. The number of rotatable bonds is 5. The Hall–Kier alpha value is -2.28. The minimum Gasteiger partial charge on any atom is -0.497 e. The van der Waals surface area contributed by atoms with Crippen molar-refractivity contribution in [2.24, 2.45) is 0 Å². The lowest BCUT2D eigenvalue weighted by Gasteiger charge is -2.11. The zero-order valence-corrected chi connectivity index (χ0v) is 13.1. The average molecular weight is 340 g/mol. The molecule has 0 amide bonds. The van der Waals surface area contributed by atoms with E-state index in [4.69, 9.17) is 17.0 Å². The van der Waals surface area contributed by atoms with E-state index < -0.39 is 17.5 Å². The van der Waals surface area contributed by atoms with Gasteiger partial charge in [0.1, 0.15) is 5.75 Å². The van der Waals surface area contributed by atoms with E-state index in [2.05, 4.69) is 10.6 Å². The highest BCUT2D eigenvalue weighted by molar-refractivity contribution is 7.80. The van der Waals surface area contributed by atoms with Gasteiger partial charge in [0.15, 0.2) is 22.6 Å². The van der Waals surface area contributed by atoms with E-state index in [9.17, 15) is 13.2 Å². The van der Waals surface area contributed by atoms with Crippen molar-refractivity contribution in [3.05, 3.63) is 59.4 Å². The molecule has 0 unspecified atom stereocenters. The molecule has 23 heavy (non-hydrogen) atoms. The van der Waals surface area contributed by atoms with Gasteiger partial charge in [-0.05, 0) is 48.5 Å². The van der Waals surface area contributed by atoms with Crippen molar-refractivity contribution in [1.29, 1.82) is 0 Å². The summed E-state index contributed by atoms with van der Waals surface area (Å²) in [6, 6.07) is 9.47. The lowest BCUT2D eigenvalue weighted by molar-refractivity contribution is 0.414. The topological polar surface area (TPSA) is 33.3 Å². The molecule has 0 fully saturated rings. The fourth-order valence-corrected chi connectivity index (χ4v) is 2.11. The van der Waals surface area contributed by atoms with Crippen LogP contribution in [0.5, 0.6) is 5.75 Å². The molecule has 7 heteroatoms. The van der Waals surface area contributed by atoms with Gasteiger partial charge >= 0.3 is 0 Å². The molecule has 0 heterocycles. The minimum atomic E-state index is -1.53. The van der Waals surface area contributed by atoms with Gasteiger partial charge in [-0.2, -0.15) is 0 Å². The summed E-state index contributed by atoms with van der Waals surface area (Å²) in [5.41, 5.74) is 0.853. The lowest BCUT2D eigenvalue weighted by Crippen LogP contribution is -2.30. The van der Waals surface area contributed by atoms with Crippen LogP contribution in [0.1, 0.15) is 5.56 Å². The Balaban J connectivity index is 1.84. The van der Waals surface area contributed by atoms with Crippen LogP contribution in [0.2, 0.25) is 0 Å². The summed E-state index contributed by atoms with van der Waals surface area (Å²) in [4.78, 5) is 0. The summed E-state index contributed by atoms with van der Waals surface area (Å²) in [5, 5.41) is 5.51. The van der Waals surface area contributed by atoms with E-state index in [0.29, 0.717) is 13.0 Å². The van der Waals surface area contributed by atoms with Crippen LogP contribution in [0.15, 0.2) is 36.4 Å². The molecule has 2 aromatic rings. The summed E-state index contributed by atoms with van der Waals surface area (Å²) in [6.45, 7) is 0.503. The van der Waals surface area contributed by atoms with E-state index in [0.717, 1.165) is 23.4 Å². The number of methoxy groups -OCH3 is 1. The fourth-order valence-electron chi connectivity index (χ4n) is 1.90. The van der Waals surface area contributed by atoms with Crippen molar-refractivity contribution in [3.63, 3.8) is 0 Å². The highest BCUT2D eigenvalue weighted by atomic mass is 32.1. The second-order valence-electron chi connectivity index (χ2n) is 4.70. The SMILES string of the molecule is COc1ccc(CCNC(=S)Nc2ccc(F)c(F)c2F)cc1. The summed E-state index contributed by atoms with van der Waals surface area (Å²) in [7, 11) is 1.60. The van der Waals surface area contributed by atoms with Gasteiger partial charge in [0.25, 0.3) is 0 Å². The second kappa shape index (κ2) is 7.82. The fraction of sp³-hybridized carbons (Fsp3) is 0.188. The lowest BCUT2D eigenvalue weighted by atomic mass is 10.1. The largest absolute Gasteiger partial charge is 0.497 e. The Morgan fingerprint density at radius 3 is 2.39 bits per heavy atom. The molecule has 0 aliphatic rings. The summed E-state index contributed by atoms with van der Waals surface area (Å²) >= 11 is 5.00. The molecule has 0 saturated heterocycles. The number of ether oxygens (including phenoxy) is 1. The molecule has 0 aliphatic carbocycles. The van der Waals surface area contributed by atoms with Gasteiger partial charge in [-0.3, -0.25) is 0 Å². The maximum absolute atomic E-state index is 13.5. The second-order valence-corrected chi connectivity index (χ2v) is 5.11. The smallest absolute Gasteiger partial charge is 0.196 e. The van der Waals surface area contributed by atoms with Crippen molar-refractivity contribution in [1.82, 2.24) is 5.32 Å². The molecule has 0 aromatic heterocycles. The Kier molecular flexibility index (Phi) is 5.81. The van der Waals surface area contributed by atoms with Gasteiger partial charge in [0.05, 0.1) is 12.8 Å². The molecule has 122 valence electrons. The normalized spacial score (nSPS) is 10.3. The highest BCUT2D eigenvalue weighted by Gasteiger charge is 2.13. The first-order chi connectivity index (χ1) is 11.0. The number of thiocarbonyl (C=S) groups is 1. The zero-order chi connectivity index (χ0) is 16.8. The van der Waals surface area contributed by atoms with Crippen molar-refractivity contribution in [3.8, 4) is 5.75 Å². The summed E-state index contributed by atoms with van der Waals surface area (Å²) in [5.74, 6) is -3.31. The standard InChI is InChI=1S/C16H15F3N2OS/c1-22-11-4-2-10(3-5-11)8-9-20-16(23)21-13-7-6-12(17)14(18)15(13)19/h2-7H,8-9H2,1H3,(H2,20,21,23). The minimum absolute atomic E-state index is 0.128. The number of nitrogens with one attached hydrogen (secondary N) is 2. The number of halogens is 3. The van der Waals surface area contributed by atoms with E-state index in [-0.39, 0.29) is 10.8 Å². The molecule has 0 bridgehead atoms. The molecule has 0 radical (unpaired) electrons. The first-order valence-electron chi connectivity index (χ1n) is 6.82. The molecule has 2 N–H and O–H groups in total. The van der Waals surface area contributed by atoms with Crippen LogP contribution < -0.4 is 15.4 Å². The number of benzene rings is 2. The number of hydrogen-bond donors (Lipinski definition) is 2. The van der Waals surface area contributed by atoms with Crippen LogP contribution in [-0.4, -0.2) is 18.8 Å². The maximum Gasteiger partial charge on any atom is 0.196 e. The van der Waals surface area contributed by atoms with Crippen LogP contribution in [-0.2, 0) is 6.42 Å². The number of anilines is 1. The number of hydrogen-bond acceptors (Lipinski definition) is 2. The predicted octanol–water partition coefficient (Wildman–Crippen LogP) is 3.64. The van der Waals surface area contributed by atoms with Crippen LogP contribution in [0, 0.1) is 17.5 Å².